The Bertz CT molecular complexity index is 994. The first-order valence-corrected chi connectivity index (χ1v) is 11.0. The molecule has 2 aromatic carbocycles. The summed E-state index contributed by atoms with van der Waals surface area (Å²) < 4.78 is 7.09. The molecule has 152 valence electrons. The first-order chi connectivity index (χ1) is 14.1. The van der Waals surface area contributed by atoms with Crippen molar-refractivity contribution in [2.75, 3.05) is 6.61 Å². The number of nitrogens with zero attached hydrogens (tertiary/aromatic N) is 3. The van der Waals surface area contributed by atoms with Gasteiger partial charge in [0.1, 0.15) is 5.25 Å². The van der Waals surface area contributed by atoms with Gasteiger partial charge in [-0.25, -0.2) is 0 Å². The molecule has 1 aromatic heterocycles. The summed E-state index contributed by atoms with van der Waals surface area (Å²) in [4.78, 5) is 12.4. The van der Waals surface area contributed by atoms with Crippen LogP contribution in [0.15, 0.2) is 53.7 Å². The Hall–Kier alpha value is -2.02. The minimum Gasteiger partial charge on any atom is -0.465 e. The van der Waals surface area contributed by atoms with E-state index < -0.39 is 0 Å². The summed E-state index contributed by atoms with van der Waals surface area (Å²) >= 11 is 14.2. The van der Waals surface area contributed by atoms with Gasteiger partial charge in [0.25, 0.3) is 0 Å². The molecule has 29 heavy (non-hydrogen) atoms. The predicted molar refractivity (Wildman–Crippen MR) is 118 cm³/mol. The molecule has 0 bridgehead atoms. The van der Waals surface area contributed by atoms with E-state index in [1.54, 1.807) is 19.1 Å². The third-order valence-corrected chi connectivity index (χ3v) is 6.03. The number of carbonyl (C=O) groups excluding carboxylic acids is 1. The number of carbonyl (C=O) groups is 1. The summed E-state index contributed by atoms with van der Waals surface area (Å²) in [6.45, 7) is 4.16. The molecule has 0 radical (unpaired) electrons. The highest BCUT2D eigenvalue weighted by molar-refractivity contribution is 8.00. The molecule has 0 unspecified atom stereocenters. The quantitative estimate of drug-likeness (QED) is 0.308. The van der Waals surface area contributed by atoms with E-state index in [0.29, 0.717) is 34.1 Å². The Morgan fingerprint density at radius 3 is 2.41 bits per heavy atom. The van der Waals surface area contributed by atoms with Crippen molar-refractivity contribution in [3.63, 3.8) is 0 Å². The molecule has 0 aliphatic rings. The fourth-order valence-corrected chi connectivity index (χ4v) is 4.45. The smallest absolute Gasteiger partial charge is 0.319 e. The van der Waals surface area contributed by atoms with Crippen molar-refractivity contribution >= 4 is 40.9 Å². The summed E-state index contributed by atoms with van der Waals surface area (Å²) in [6.07, 6.45) is 1.51. The summed E-state index contributed by atoms with van der Waals surface area (Å²) in [5.74, 6) is 0.303. The molecule has 8 heteroatoms. The number of esters is 1. The lowest BCUT2D eigenvalue weighted by Gasteiger charge is -2.16. The van der Waals surface area contributed by atoms with Gasteiger partial charge in [-0.2, -0.15) is 0 Å². The van der Waals surface area contributed by atoms with E-state index in [1.807, 2.05) is 47.9 Å². The SMILES string of the molecule is CCC[C@@H](Sc1nnc(-c2ccccc2Cl)n1-c1ccccc1Cl)C(=O)OCC. The summed E-state index contributed by atoms with van der Waals surface area (Å²) in [7, 11) is 0. The summed E-state index contributed by atoms with van der Waals surface area (Å²) in [5.41, 5.74) is 1.45. The van der Waals surface area contributed by atoms with Gasteiger partial charge in [0, 0.05) is 5.56 Å². The highest BCUT2D eigenvalue weighted by atomic mass is 35.5. The number of aromatic nitrogens is 3. The Morgan fingerprint density at radius 1 is 1.07 bits per heavy atom. The fourth-order valence-electron chi connectivity index (χ4n) is 2.86. The maximum absolute atomic E-state index is 12.4. The second-order valence-corrected chi connectivity index (χ2v) is 8.20. The predicted octanol–water partition coefficient (Wildman–Crippen LogP) is 6.07. The van der Waals surface area contributed by atoms with Gasteiger partial charge in [-0.3, -0.25) is 9.36 Å². The highest BCUT2D eigenvalue weighted by Crippen LogP contribution is 2.36. The van der Waals surface area contributed by atoms with Crippen molar-refractivity contribution < 1.29 is 9.53 Å². The van der Waals surface area contributed by atoms with E-state index in [4.69, 9.17) is 27.9 Å². The maximum Gasteiger partial charge on any atom is 0.319 e. The van der Waals surface area contributed by atoms with Gasteiger partial charge in [-0.05, 0) is 37.6 Å². The van der Waals surface area contributed by atoms with Gasteiger partial charge in [0.05, 0.1) is 22.3 Å². The average molecular weight is 450 g/mol. The zero-order valence-electron chi connectivity index (χ0n) is 16.1. The van der Waals surface area contributed by atoms with Crippen molar-refractivity contribution in [1.82, 2.24) is 14.8 Å². The summed E-state index contributed by atoms with van der Waals surface area (Å²) in [5, 5.41) is 10.0. The Labute approximate surface area is 184 Å². The van der Waals surface area contributed by atoms with E-state index in [1.165, 1.54) is 11.8 Å². The van der Waals surface area contributed by atoms with Crippen LogP contribution in [0.4, 0.5) is 0 Å². The molecule has 0 saturated carbocycles. The van der Waals surface area contributed by atoms with Gasteiger partial charge in [-0.15, -0.1) is 10.2 Å². The molecule has 0 aliphatic heterocycles. The molecule has 3 aromatic rings. The van der Waals surface area contributed by atoms with Crippen LogP contribution in [0.25, 0.3) is 17.1 Å². The minimum absolute atomic E-state index is 0.257. The average Bonchev–Trinajstić information content (AvgIpc) is 3.11. The largest absolute Gasteiger partial charge is 0.465 e. The molecule has 0 N–H and O–H groups in total. The van der Waals surface area contributed by atoms with Gasteiger partial charge >= 0.3 is 5.97 Å². The van der Waals surface area contributed by atoms with Crippen molar-refractivity contribution in [2.24, 2.45) is 0 Å². The maximum atomic E-state index is 12.4. The van der Waals surface area contributed by atoms with Crippen LogP contribution in [-0.2, 0) is 9.53 Å². The molecule has 0 spiro atoms. The van der Waals surface area contributed by atoms with Crippen LogP contribution in [-0.4, -0.2) is 32.6 Å². The monoisotopic (exact) mass is 449 g/mol. The third kappa shape index (κ3) is 4.94. The number of rotatable bonds is 8. The number of benzene rings is 2. The number of thioether (sulfide) groups is 1. The Kier molecular flexibility index (Phi) is 7.58. The van der Waals surface area contributed by atoms with Crippen LogP contribution in [0.3, 0.4) is 0 Å². The fraction of sp³-hybridized carbons (Fsp3) is 0.286. The van der Waals surface area contributed by atoms with Crippen molar-refractivity contribution in [3.05, 3.63) is 58.6 Å². The molecule has 3 rings (SSSR count). The zero-order chi connectivity index (χ0) is 20.8. The number of halogens is 2. The van der Waals surface area contributed by atoms with Crippen molar-refractivity contribution in [2.45, 2.75) is 37.1 Å². The number of hydrogen-bond donors (Lipinski definition) is 0. The number of ether oxygens (including phenoxy) is 1. The van der Waals surface area contributed by atoms with E-state index in [2.05, 4.69) is 10.2 Å². The van der Waals surface area contributed by atoms with Gasteiger partial charge < -0.3 is 4.74 Å². The molecule has 1 heterocycles. The van der Waals surface area contributed by atoms with E-state index in [0.717, 1.165) is 17.7 Å². The van der Waals surface area contributed by atoms with E-state index in [-0.39, 0.29) is 11.2 Å². The van der Waals surface area contributed by atoms with Gasteiger partial charge in [-0.1, -0.05) is 72.6 Å². The van der Waals surface area contributed by atoms with Gasteiger partial charge in [0.15, 0.2) is 11.0 Å². The Balaban J connectivity index is 2.12. The lowest BCUT2D eigenvalue weighted by atomic mass is 10.2. The second kappa shape index (κ2) is 10.1. The standard InChI is InChI=1S/C21H21Cl2N3O2S/c1-3-9-18(20(27)28-4-2)29-21-25-24-19(14-10-5-6-11-15(14)22)26(21)17-13-8-7-12-16(17)23/h5-8,10-13,18H,3-4,9H2,1-2H3/t18-/m1/s1. The summed E-state index contributed by atoms with van der Waals surface area (Å²) in [6, 6.07) is 14.9. The van der Waals surface area contributed by atoms with E-state index >= 15 is 0 Å². The molecule has 0 saturated heterocycles. The number of para-hydroxylation sites is 1. The lowest BCUT2D eigenvalue weighted by Crippen LogP contribution is -2.20. The molecule has 5 nitrogen and oxygen atoms in total. The minimum atomic E-state index is -0.385. The molecular weight excluding hydrogens is 429 g/mol. The van der Waals surface area contributed by atoms with Crippen molar-refractivity contribution in [1.29, 1.82) is 0 Å². The normalized spacial score (nSPS) is 12.0. The Morgan fingerprint density at radius 2 is 1.76 bits per heavy atom. The molecule has 0 aliphatic carbocycles. The van der Waals surface area contributed by atoms with Crippen LogP contribution >= 0.6 is 35.0 Å². The van der Waals surface area contributed by atoms with Crippen LogP contribution < -0.4 is 0 Å². The van der Waals surface area contributed by atoms with Crippen LogP contribution in [0, 0.1) is 0 Å². The van der Waals surface area contributed by atoms with Crippen LogP contribution in [0.2, 0.25) is 10.0 Å². The first kappa shape index (κ1) is 21.7. The molecular formula is C21H21Cl2N3O2S. The topological polar surface area (TPSA) is 57.0 Å². The second-order valence-electron chi connectivity index (χ2n) is 6.22. The first-order valence-electron chi connectivity index (χ1n) is 9.35. The molecule has 1 atom stereocenters. The van der Waals surface area contributed by atoms with Crippen molar-refractivity contribution in [3.8, 4) is 17.1 Å². The molecule has 0 amide bonds. The van der Waals surface area contributed by atoms with E-state index in [9.17, 15) is 4.79 Å². The number of hydrogen-bond acceptors (Lipinski definition) is 5. The van der Waals surface area contributed by atoms with Crippen LogP contribution in [0.5, 0.6) is 0 Å². The third-order valence-electron chi connectivity index (χ3n) is 4.19. The lowest BCUT2D eigenvalue weighted by molar-refractivity contribution is -0.142. The highest BCUT2D eigenvalue weighted by Gasteiger charge is 2.26. The zero-order valence-corrected chi connectivity index (χ0v) is 18.5. The molecule has 0 fully saturated rings. The van der Waals surface area contributed by atoms with Gasteiger partial charge in [0.2, 0.25) is 0 Å². The van der Waals surface area contributed by atoms with Crippen LogP contribution in [0.1, 0.15) is 26.7 Å².